The van der Waals surface area contributed by atoms with Crippen LogP contribution in [0.5, 0.6) is 0 Å². The van der Waals surface area contributed by atoms with Crippen molar-refractivity contribution in [1.82, 2.24) is 0 Å². The van der Waals surface area contributed by atoms with Crippen molar-refractivity contribution < 1.29 is 13.9 Å². The summed E-state index contributed by atoms with van der Waals surface area (Å²) < 4.78 is 17.8. The van der Waals surface area contributed by atoms with Gasteiger partial charge >= 0.3 is 5.97 Å². The molecule has 0 aliphatic carbocycles. The number of ether oxygens (including phenoxy) is 1. The van der Waals surface area contributed by atoms with Gasteiger partial charge in [0.05, 0.1) is 11.1 Å². The summed E-state index contributed by atoms with van der Waals surface area (Å²) >= 11 is 3.05. The van der Waals surface area contributed by atoms with Gasteiger partial charge in [-0.2, -0.15) is 0 Å². The van der Waals surface area contributed by atoms with E-state index in [1.807, 2.05) is 0 Å². The molecule has 1 unspecified atom stereocenters. The summed E-state index contributed by atoms with van der Waals surface area (Å²) in [7, 11) is 0. The highest BCUT2D eigenvalue weighted by atomic mass is 79.9. The van der Waals surface area contributed by atoms with E-state index < -0.39 is 16.8 Å². The van der Waals surface area contributed by atoms with E-state index in [0.29, 0.717) is 11.1 Å². The molecule has 0 N–H and O–H groups in total. The molecule has 0 bridgehead atoms. The molecule has 0 amide bonds. The quantitative estimate of drug-likeness (QED) is 0.506. The Bertz CT molecular complexity index is 351. The number of hydrogen-bond acceptors (Lipinski definition) is 2. The van der Waals surface area contributed by atoms with Crippen LogP contribution in [-0.4, -0.2) is 5.97 Å². The molecule has 1 aliphatic heterocycles. The smallest absolute Gasteiger partial charge is 0.340 e. The third kappa shape index (κ3) is 0.948. The van der Waals surface area contributed by atoms with E-state index in [0.717, 1.165) is 0 Å². The van der Waals surface area contributed by atoms with Gasteiger partial charge in [-0.15, -0.1) is 0 Å². The first-order valence-corrected chi connectivity index (χ1v) is 4.25. The highest BCUT2D eigenvalue weighted by Gasteiger charge is 2.31. The Labute approximate surface area is 76.5 Å². The van der Waals surface area contributed by atoms with E-state index in [1.54, 1.807) is 6.07 Å². The van der Waals surface area contributed by atoms with Crippen LogP contribution in [0.3, 0.4) is 0 Å². The van der Waals surface area contributed by atoms with Gasteiger partial charge in [-0.25, -0.2) is 9.18 Å². The Hall–Kier alpha value is -0.900. The number of rotatable bonds is 0. The van der Waals surface area contributed by atoms with Crippen molar-refractivity contribution in [3.8, 4) is 0 Å². The highest BCUT2D eigenvalue weighted by molar-refractivity contribution is 9.09. The predicted octanol–water partition coefficient (Wildman–Crippen LogP) is 2.39. The summed E-state index contributed by atoms with van der Waals surface area (Å²) in [6, 6.07) is 4.33. The van der Waals surface area contributed by atoms with E-state index in [9.17, 15) is 9.18 Å². The fraction of sp³-hybridized carbons (Fsp3) is 0.125. The number of carbonyl (C=O) groups excluding carboxylic acids is 1. The van der Waals surface area contributed by atoms with Crippen molar-refractivity contribution in [3.05, 3.63) is 35.1 Å². The minimum Gasteiger partial charge on any atom is -0.442 e. The van der Waals surface area contributed by atoms with Crippen LogP contribution in [0, 0.1) is 5.82 Å². The molecule has 0 saturated heterocycles. The lowest BCUT2D eigenvalue weighted by atomic mass is 10.1. The van der Waals surface area contributed by atoms with Crippen molar-refractivity contribution in [2.45, 2.75) is 5.01 Å². The summed E-state index contributed by atoms with van der Waals surface area (Å²) in [5.41, 5.74) is 0.597. The van der Waals surface area contributed by atoms with Crippen LogP contribution >= 0.6 is 15.9 Å². The number of hydrogen-bond donors (Lipinski definition) is 0. The zero-order chi connectivity index (χ0) is 8.72. The van der Waals surface area contributed by atoms with Crippen LogP contribution in [0.25, 0.3) is 0 Å². The molecule has 2 nitrogen and oxygen atoms in total. The van der Waals surface area contributed by atoms with E-state index in [2.05, 4.69) is 15.9 Å². The minimum absolute atomic E-state index is 0.294. The lowest BCUT2D eigenvalue weighted by molar-refractivity contribution is 0.0529. The number of halogens is 2. The molecule has 0 radical (unpaired) electrons. The van der Waals surface area contributed by atoms with Gasteiger partial charge in [0.25, 0.3) is 0 Å². The summed E-state index contributed by atoms with van der Waals surface area (Å²) in [5, 5.41) is -0.638. The number of esters is 1. The molecule has 4 heteroatoms. The van der Waals surface area contributed by atoms with Crippen LogP contribution in [0.1, 0.15) is 20.9 Å². The van der Waals surface area contributed by atoms with Gasteiger partial charge in [0.1, 0.15) is 5.82 Å². The lowest BCUT2D eigenvalue weighted by Gasteiger charge is -2.00. The van der Waals surface area contributed by atoms with Gasteiger partial charge in [0, 0.05) is 0 Å². The largest absolute Gasteiger partial charge is 0.442 e. The number of benzene rings is 1. The molecule has 2 rings (SSSR count). The normalized spacial score (nSPS) is 20.5. The molecule has 1 atom stereocenters. The molecule has 62 valence electrons. The predicted molar refractivity (Wildman–Crippen MR) is 43.5 cm³/mol. The topological polar surface area (TPSA) is 26.3 Å². The maximum Gasteiger partial charge on any atom is 0.340 e. The molecular weight excluding hydrogens is 227 g/mol. The van der Waals surface area contributed by atoms with Gasteiger partial charge in [-0.3, -0.25) is 0 Å². The molecule has 0 saturated carbocycles. The SMILES string of the molecule is O=C1OC(Br)c2c(F)cccc21. The Balaban J connectivity index is 2.67. The van der Waals surface area contributed by atoms with Gasteiger partial charge < -0.3 is 4.74 Å². The average molecular weight is 231 g/mol. The first-order chi connectivity index (χ1) is 5.70. The molecular formula is C8H4BrFO2. The fourth-order valence-corrected chi connectivity index (χ4v) is 1.80. The van der Waals surface area contributed by atoms with Crippen molar-refractivity contribution in [1.29, 1.82) is 0 Å². The van der Waals surface area contributed by atoms with Gasteiger partial charge in [0.2, 0.25) is 0 Å². The van der Waals surface area contributed by atoms with Crippen molar-refractivity contribution >= 4 is 21.9 Å². The monoisotopic (exact) mass is 230 g/mol. The van der Waals surface area contributed by atoms with E-state index in [4.69, 9.17) is 4.74 Å². The second-order valence-corrected chi connectivity index (χ2v) is 3.25. The van der Waals surface area contributed by atoms with Crippen molar-refractivity contribution in [3.63, 3.8) is 0 Å². The maximum absolute atomic E-state index is 13.1. The van der Waals surface area contributed by atoms with Crippen LogP contribution in [0.4, 0.5) is 4.39 Å². The van der Waals surface area contributed by atoms with E-state index in [-0.39, 0.29) is 0 Å². The molecule has 0 spiro atoms. The summed E-state index contributed by atoms with van der Waals surface area (Å²) in [6.07, 6.45) is 0. The standard InChI is InChI=1S/C8H4BrFO2/c9-7-6-4(8(11)12-7)2-1-3-5(6)10/h1-3,7H. The van der Waals surface area contributed by atoms with Gasteiger partial charge in [-0.05, 0) is 28.1 Å². The number of alkyl halides is 1. The third-order valence-electron chi connectivity index (χ3n) is 1.71. The molecule has 12 heavy (non-hydrogen) atoms. The zero-order valence-electron chi connectivity index (χ0n) is 5.88. The first kappa shape index (κ1) is 7.73. The maximum atomic E-state index is 13.1. The van der Waals surface area contributed by atoms with Crippen molar-refractivity contribution in [2.75, 3.05) is 0 Å². The summed E-state index contributed by atoms with van der Waals surface area (Å²) in [6.45, 7) is 0. The Kier molecular flexibility index (Phi) is 1.65. The summed E-state index contributed by atoms with van der Waals surface area (Å²) in [4.78, 5) is 11.0. The number of carbonyl (C=O) groups is 1. The van der Waals surface area contributed by atoms with E-state index >= 15 is 0 Å². The van der Waals surface area contributed by atoms with Crippen LogP contribution in [0.15, 0.2) is 18.2 Å². The number of cyclic esters (lactones) is 1. The summed E-state index contributed by atoms with van der Waals surface area (Å²) in [5.74, 6) is -0.897. The van der Waals surface area contributed by atoms with Crippen molar-refractivity contribution in [2.24, 2.45) is 0 Å². The second-order valence-electron chi connectivity index (χ2n) is 2.42. The lowest BCUT2D eigenvalue weighted by Crippen LogP contribution is -1.93. The Morgan fingerprint density at radius 3 is 2.92 bits per heavy atom. The molecule has 0 aromatic heterocycles. The fourth-order valence-electron chi connectivity index (χ4n) is 1.16. The zero-order valence-corrected chi connectivity index (χ0v) is 7.47. The van der Waals surface area contributed by atoms with Gasteiger partial charge in [-0.1, -0.05) is 6.07 Å². The minimum atomic E-state index is -0.638. The molecule has 0 fully saturated rings. The van der Waals surface area contributed by atoms with E-state index in [1.165, 1.54) is 12.1 Å². The molecule has 1 aliphatic rings. The molecule has 1 aromatic rings. The van der Waals surface area contributed by atoms with Gasteiger partial charge in [0.15, 0.2) is 5.01 Å². The molecule has 1 heterocycles. The first-order valence-electron chi connectivity index (χ1n) is 3.33. The average Bonchev–Trinajstić information content (AvgIpc) is 2.29. The van der Waals surface area contributed by atoms with Crippen LogP contribution in [-0.2, 0) is 4.74 Å². The highest BCUT2D eigenvalue weighted by Crippen LogP contribution is 2.36. The number of fused-ring (bicyclic) bond motifs is 1. The van der Waals surface area contributed by atoms with Crippen LogP contribution in [0.2, 0.25) is 0 Å². The second kappa shape index (κ2) is 2.55. The molecule has 1 aromatic carbocycles. The Morgan fingerprint density at radius 1 is 1.50 bits per heavy atom. The Morgan fingerprint density at radius 2 is 2.25 bits per heavy atom. The van der Waals surface area contributed by atoms with Crippen LogP contribution < -0.4 is 0 Å². The third-order valence-corrected chi connectivity index (χ3v) is 2.36.